The lowest BCUT2D eigenvalue weighted by Gasteiger charge is -2.31. The highest BCUT2D eigenvalue weighted by Gasteiger charge is 2.53. The fourth-order valence-corrected chi connectivity index (χ4v) is 3.52. The molecule has 0 amide bonds. The molecule has 2 saturated heterocycles. The fourth-order valence-electron chi connectivity index (χ4n) is 3.52. The van der Waals surface area contributed by atoms with Gasteiger partial charge in [0.05, 0.1) is 0 Å². The topological polar surface area (TPSA) is 3.01 Å². The summed E-state index contributed by atoms with van der Waals surface area (Å²) in [4.78, 5) is 2.60. The minimum absolute atomic E-state index is 0.228. The van der Waals surface area contributed by atoms with Crippen molar-refractivity contribution in [1.82, 2.24) is 4.90 Å². The Hall–Kier alpha value is -1.60. The summed E-state index contributed by atoms with van der Waals surface area (Å²) in [5.74, 6) is 0. The third-order valence-corrected chi connectivity index (χ3v) is 4.54. The van der Waals surface area contributed by atoms with Gasteiger partial charge in [0.25, 0.3) is 0 Å². The summed E-state index contributed by atoms with van der Waals surface area (Å²) in [5, 5.41) is 0. The summed E-state index contributed by atoms with van der Waals surface area (Å²) in [6.45, 7) is 2.49. The largest absolute Gasteiger partial charge is 0.296 e. The molecule has 1 nitrogen and oxygen atoms in total. The van der Waals surface area contributed by atoms with Crippen molar-refractivity contribution in [2.24, 2.45) is 0 Å². The third-order valence-electron chi connectivity index (χ3n) is 4.54. The zero-order valence-corrected chi connectivity index (χ0v) is 10.4. The molecule has 2 heterocycles. The normalized spacial score (nSPS) is 27.8. The van der Waals surface area contributed by atoms with Crippen LogP contribution < -0.4 is 0 Å². The molecular weight excluding hydrogens is 218 g/mol. The van der Waals surface area contributed by atoms with E-state index in [2.05, 4.69) is 65.6 Å². The number of rotatable bonds is 2. The monoisotopic (exact) mass is 235 g/mol. The minimum atomic E-state index is 0.228. The van der Waals surface area contributed by atoms with Gasteiger partial charge in [-0.25, -0.2) is 0 Å². The maximum Gasteiger partial charge on any atom is 0.0345 e. The van der Waals surface area contributed by atoms with Gasteiger partial charge in [0.15, 0.2) is 0 Å². The lowest BCUT2D eigenvalue weighted by Crippen LogP contribution is -2.31. The molecular formula is C17H17N. The molecule has 90 valence electrons. The zero-order chi connectivity index (χ0) is 12.0. The Labute approximate surface area is 108 Å². The van der Waals surface area contributed by atoms with Crippen molar-refractivity contribution in [3.8, 4) is 0 Å². The Kier molecular flexibility index (Phi) is 2.12. The molecule has 0 saturated carbocycles. The average molecular weight is 235 g/mol. The molecule has 1 heteroatoms. The van der Waals surface area contributed by atoms with E-state index in [1.807, 2.05) is 0 Å². The van der Waals surface area contributed by atoms with E-state index in [0.29, 0.717) is 0 Å². The van der Waals surface area contributed by atoms with E-state index < -0.39 is 0 Å². The maximum atomic E-state index is 2.60. The van der Waals surface area contributed by atoms with Crippen LogP contribution in [0, 0.1) is 0 Å². The van der Waals surface area contributed by atoms with Crippen molar-refractivity contribution in [1.29, 1.82) is 0 Å². The first-order chi connectivity index (χ1) is 8.88. The summed E-state index contributed by atoms with van der Waals surface area (Å²) in [6, 6.07) is 22.9. The van der Waals surface area contributed by atoms with Gasteiger partial charge in [0, 0.05) is 24.5 Å². The Balaban J connectivity index is 1.85. The van der Waals surface area contributed by atoms with E-state index in [9.17, 15) is 0 Å². The first-order valence-corrected chi connectivity index (χ1v) is 6.74. The van der Waals surface area contributed by atoms with E-state index in [-0.39, 0.29) is 5.41 Å². The molecule has 2 atom stereocenters. The molecule has 2 aliphatic heterocycles. The van der Waals surface area contributed by atoms with E-state index in [0.717, 1.165) is 6.04 Å². The summed E-state index contributed by atoms with van der Waals surface area (Å²) in [6.07, 6.45) is 1.28. The number of fused-ring (bicyclic) bond motifs is 1. The zero-order valence-electron chi connectivity index (χ0n) is 10.4. The second kappa shape index (κ2) is 3.69. The Morgan fingerprint density at radius 3 is 1.83 bits per heavy atom. The quantitative estimate of drug-likeness (QED) is 0.723. The van der Waals surface area contributed by atoms with Crippen LogP contribution in [0.3, 0.4) is 0 Å². The van der Waals surface area contributed by atoms with Crippen molar-refractivity contribution in [3.05, 3.63) is 71.8 Å². The van der Waals surface area contributed by atoms with Gasteiger partial charge in [-0.3, -0.25) is 4.90 Å². The van der Waals surface area contributed by atoms with Crippen molar-refractivity contribution in [2.45, 2.75) is 17.9 Å². The second-order valence-electron chi connectivity index (χ2n) is 5.60. The van der Waals surface area contributed by atoms with Crippen LogP contribution in [0.4, 0.5) is 0 Å². The van der Waals surface area contributed by atoms with E-state index in [1.54, 1.807) is 0 Å². The smallest absolute Gasteiger partial charge is 0.0345 e. The summed E-state index contributed by atoms with van der Waals surface area (Å²) in [5.41, 5.74) is 3.18. The predicted octanol–water partition coefficient (Wildman–Crippen LogP) is 3.06. The van der Waals surface area contributed by atoms with Crippen LogP contribution in [-0.2, 0) is 5.41 Å². The van der Waals surface area contributed by atoms with Crippen molar-refractivity contribution in [2.75, 3.05) is 13.1 Å². The second-order valence-corrected chi connectivity index (χ2v) is 5.60. The molecule has 2 fully saturated rings. The number of hydrogen-bond acceptors (Lipinski definition) is 1. The molecule has 0 N–H and O–H groups in total. The molecule has 0 spiro atoms. The molecule has 4 rings (SSSR count). The number of piperidine rings is 1. The molecule has 0 bridgehead atoms. The summed E-state index contributed by atoms with van der Waals surface area (Å²) in [7, 11) is 0. The van der Waals surface area contributed by atoms with Crippen LogP contribution in [-0.4, -0.2) is 24.0 Å². The van der Waals surface area contributed by atoms with Gasteiger partial charge in [0.2, 0.25) is 0 Å². The van der Waals surface area contributed by atoms with Gasteiger partial charge in [-0.2, -0.15) is 0 Å². The molecule has 0 radical (unpaired) electrons. The number of nitrogens with zero attached hydrogens (tertiary/aromatic N) is 1. The minimum Gasteiger partial charge on any atom is -0.296 e. The van der Waals surface area contributed by atoms with E-state index in [1.165, 1.54) is 30.6 Å². The number of benzene rings is 2. The lowest BCUT2D eigenvalue weighted by molar-refractivity contribution is 0.470. The van der Waals surface area contributed by atoms with Gasteiger partial charge < -0.3 is 0 Å². The predicted molar refractivity (Wildman–Crippen MR) is 73.6 cm³/mol. The van der Waals surface area contributed by atoms with Crippen LogP contribution in [0.15, 0.2) is 60.7 Å². The lowest BCUT2D eigenvalue weighted by atomic mass is 9.72. The van der Waals surface area contributed by atoms with Gasteiger partial charge in [-0.05, 0) is 17.5 Å². The Bertz CT molecular complexity index is 495. The van der Waals surface area contributed by atoms with Gasteiger partial charge in [-0.15, -0.1) is 0 Å². The highest BCUT2D eigenvalue weighted by Crippen LogP contribution is 2.48. The van der Waals surface area contributed by atoms with Crippen LogP contribution in [0.2, 0.25) is 0 Å². The first kappa shape index (κ1) is 10.3. The van der Waals surface area contributed by atoms with Crippen molar-refractivity contribution >= 4 is 0 Å². The molecule has 0 aromatic heterocycles. The average Bonchev–Trinajstić information content (AvgIpc) is 3.08. The van der Waals surface area contributed by atoms with Gasteiger partial charge in [0.1, 0.15) is 0 Å². The van der Waals surface area contributed by atoms with Crippen LogP contribution in [0.5, 0.6) is 0 Å². The van der Waals surface area contributed by atoms with E-state index >= 15 is 0 Å². The van der Waals surface area contributed by atoms with Crippen molar-refractivity contribution in [3.63, 3.8) is 0 Å². The SMILES string of the molecule is c1ccc(C2(c3ccccc3)CC3CN3C2)cc1. The highest BCUT2D eigenvalue weighted by molar-refractivity contribution is 5.43. The third kappa shape index (κ3) is 1.44. The van der Waals surface area contributed by atoms with Gasteiger partial charge >= 0.3 is 0 Å². The van der Waals surface area contributed by atoms with Crippen LogP contribution in [0.25, 0.3) is 0 Å². The first-order valence-electron chi connectivity index (χ1n) is 6.74. The summed E-state index contributed by atoms with van der Waals surface area (Å²) >= 11 is 0. The summed E-state index contributed by atoms with van der Waals surface area (Å²) < 4.78 is 0. The highest BCUT2D eigenvalue weighted by atomic mass is 15.3. The van der Waals surface area contributed by atoms with E-state index in [4.69, 9.17) is 0 Å². The molecule has 2 aromatic rings. The van der Waals surface area contributed by atoms with Crippen LogP contribution in [0.1, 0.15) is 17.5 Å². The Morgan fingerprint density at radius 2 is 1.39 bits per heavy atom. The molecule has 18 heavy (non-hydrogen) atoms. The van der Waals surface area contributed by atoms with Crippen LogP contribution >= 0.6 is 0 Å². The molecule has 2 unspecified atom stereocenters. The van der Waals surface area contributed by atoms with Gasteiger partial charge in [-0.1, -0.05) is 60.7 Å². The fraction of sp³-hybridized carbons (Fsp3) is 0.294. The Morgan fingerprint density at radius 1 is 0.833 bits per heavy atom. The standard InChI is InChI=1S/C17H17N/c1-3-7-14(8-4-1)17(11-16-12-18(16)13-17)15-9-5-2-6-10-15/h1-10,16H,11-13H2. The molecule has 2 aromatic carbocycles. The molecule has 2 aliphatic rings. The maximum absolute atomic E-state index is 2.60. The molecule has 0 aliphatic carbocycles. The number of hydrogen-bond donors (Lipinski definition) is 0. The van der Waals surface area contributed by atoms with Crippen molar-refractivity contribution < 1.29 is 0 Å².